The van der Waals surface area contributed by atoms with Crippen LogP contribution < -0.4 is 16.2 Å². The van der Waals surface area contributed by atoms with E-state index in [0.29, 0.717) is 30.7 Å². The highest BCUT2D eigenvalue weighted by Gasteiger charge is 2.24. The first-order valence-electron chi connectivity index (χ1n) is 9.52. The van der Waals surface area contributed by atoms with Gasteiger partial charge in [-0.05, 0) is 31.1 Å². The molecule has 0 saturated carbocycles. The summed E-state index contributed by atoms with van der Waals surface area (Å²) in [5, 5.41) is 8.46. The van der Waals surface area contributed by atoms with Crippen molar-refractivity contribution in [2.75, 3.05) is 18.8 Å². The number of anilines is 1. The predicted octanol–water partition coefficient (Wildman–Crippen LogP) is 4.98. The van der Waals surface area contributed by atoms with Crippen LogP contribution in [0.4, 0.5) is 10.2 Å². The number of rotatable bonds is 4. The zero-order valence-corrected chi connectivity index (χ0v) is 18.1. The minimum absolute atomic E-state index is 0.0427. The molecule has 0 aliphatic carbocycles. The van der Waals surface area contributed by atoms with Gasteiger partial charge >= 0.3 is 0 Å². The summed E-state index contributed by atoms with van der Waals surface area (Å²) in [6.07, 6.45) is 5.24. The minimum atomic E-state index is -0.711. The standard InChI is InChI=1S/C21H20Cl2FN5O2/c1-10(16-14(22)2-3-15(24)17(16)23)31-19-18-12(8-28-20(19)25)13(9-30-18)11-4-6-29(7-5-11)21(26)27/h2-4,8-10H,5-7H2,1H3,(H2,25,28)(H3,26,27)/t10-/m1/s1. The average Bonchev–Trinajstić information content (AvgIpc) is 3.17. The van der Waals surface area contributed by atoms with Crippen molar-refractivity contribution < 1.29 is 13.5 Å². The smallest absolute Gasteiger partial charge is 0.205 e. The van der Waals surface area contributed by atoms with Gasteiger partial charge in [0.2, 0.25) is 5.75 Å². The van der Waals surface area contributed by atoms with Crippen LogP contribution in [0.25, 0.3) is 16.5 Å². The van der Waals surface area contributed by atoms with E-state index in [0.717, 1.165) is 16.5 Å². The van der Waals surface area contributed by atoms with E-state index in [1.807, 2.05) is 6.08 Å². The lowest BCUT2D eigenvalue weighted by atomic mass is 9.99. The number of nitrogens with zero attached hydrogens (tertiary/aromatic N) is 2. The van der Waals surface area contributed by atoms with Gasteiger partial charge in [0.25, 0.3) is 0 Å². The first-order valence-corrected chi connectivity index (χ1v) is 10.3. The van der Waals surface area contributed by atoms with Crippen molar-refractivity contribution in [2.24, 2.45) is 5.73 Å². The summed E-state index contributed by atoms with van der Waals surface area (Å²) in [4.78, 5) is 6.02. The summed E-state index contributed by atoms with van der Waals surface area (Å²) >= 11 is 12.3. The van der Waals surface area contributed by atoms with E-state index < -0.39 is 11.9 Å². The minimum Gasteiger partial charge on any atom is -0.478 e. The maximum absolute atomic E-state index is 13.9. The van der Waals surface area contributed by atoms with E-state index in [1.165, 1.54) is 12.1 Å². The molecule has 0 bridgehead atoms. The van der Waals surface area contributed by atoms with E-state index >= 15 is 0 Å². The van der Waals surface area contributed by atoms with Crippen LogP contribution in [0.3, 0.4) is 0 Å². The third-order valence-electron chi connectivity index (χ3n) is 5.28. The molecular formula is C21H20Cl2FN5O2. The van der Waals surface area contributed by atoms with Gasteiger partial charge in [-0.15, -0.1) is 0 Å². The van der Waals surface area contributed by atoms with Crippen LogP contribution >= 0.6 is 23.2 Å². The third kappa shape index (κ3) is 3.88. The predicted molar refractivity (Wildman–Crippen MR) is 120 cm³/mol. The first-order chi connectivity index (χ1) is 14.8. The normalized spacial score (nSPS) is 15.1. The maximum atomic E-state index is 13.9. The molecular weight excluding hydrogens is 444 g/mol. The highest BCUT2D eigenvalue weighted by molar-refractivity contribution is 6.36. The average molecular weight is 464 g/mol. The van der Waals surface area contributed by atoms with Gasteiger partial charge in [-0.1, -0.05) is 29.3 Å². The Morgan fingerprint density at radius 1 is 1.39 bits per heavy atom. The Kier molecular flexibility index (Phi) is 5.68. The number of aromatic nitrogens is 1. The Bertz CT molecular complexity index is 1210. The van der Waals surface area contributed by atoms with E-state index in [1.54, 1.807) is 24.3 Å². The van der Waals surface area contributed by atoms with Crippen LogP contribution in [-0.2, 0) is 0 Å². The monoisotopic (exact) mass is 463 g/mol. The quantitative estimate of drug-likeness (QED) is 0.285. The van der Waals surface area contributed by atoms with Crippen molar-refractivity contribution in [3.8, 4) is 5.75 Å². The Morgan fingerprint density at radius 2 is 2.16 bits per heavy atom. The van der Waals surface area contributed by atoms with Gasteiger partial charge in [0.05, 0.1) is 16.7 Å². The number of pyridine rings is 1. The van der Waals surface area contributed by atoms with Crippen LogP contribution in [0.2, 0.25) is 10.0 Å². The molecule has 162 valence electrons. The fourth-order valence-electron chi connectivity index (χ4n) is 3.63. The topological polar surface area (TPSA) is 114 Å². The second-order valence-corrected chi connectivity index (χ2v) is 7.98. The zero-order valence-electron chi connectivity index (χ0n) is 16.6. The fourth-order valence-corrected chi connectivity index (χ4v) is 4.30. The number of furan rings is 1. The van der Waals surface area contributed by atoms with Crippen LogP contribution in [0.1, 0.15) is 30.6 Å². The fraction of sp³-hybridized carbons (Fsp3) is 0.238. The molecule has 31 heavy (non-hydrogen) atoms. The Morgan fingerprint density at radius 3 is 2.84 bits per heavy atom. The summed E-state index contributed by atoms with van der Waals surface area (Å²) in [6.45, 7) is 2.86. The largest absolute Gasteiger partial charge is 0.478 e. The molecule has 0 spiro atoms. The number of benzene rings is 1. The van der Waals surface area contributed by atoms with Crippen molar-refractivity contribution in [3.63, 3.8) is 0 Å². The lowest BCUT2D eigenvalue weighted by Gasteiger charge is -2.26. The van der Waals surface area contributed by atoms with Crippen molar-refractivity contribution in [2.45, 2.75) is 19.4 Å². The summed E-state index contributed by atoms with van der Waals surface area (Å²) in [6, 6.07) is 2.62. The van der Waals surface area contributed by atoms with Gasteiger partial charge in [-0.3, -0.25) is 5.41 Å². The highest BCUT2D eigenvalue weighted by atomic mass is 35.5. The Labute approximate surface area is 187 Å². The zero-order chi connectivity index (χ0) is 22.3. The number of ether oxygens (including phenoxy) is 1. The molecule has 4 rings (SSSR count). The molecule has 1 aliphatic rings. The molecule has 0 saturated heterocycles. The van der Waals surface area contributed by atoms with E-state index in [4.69, 9.17) is 49.2 Å². The summed E-state index contributed by atoms with van der Waals surface area (Å²) in [5.41, 5.74) is 14.3. The number of hydrogen-bond acceptors (Lipinski definition) is 5. The molecule has 1 atom stereocenters. The molecule has 3 heterocycles. The highest BCUT2D eigenvalue weighted by Crippen LogP contribution is 2.41. The van der Waals surface area contributed by atoms with Gasteiger partial charge in [0, 0.05) is 35.4 Å². The molecule has 1 aliphatic heterocycles. The van der Waals surface area contributed by atoms with E-state index in [2.05, 4.69) is 4.98 Å². The van der Waals surface area contributed by atoms with Crippen molar-refractivity contribution in [1.29, 1.82) is 5.41 Å². The summed E-state index contributed by atoms with van der Waals surface area (Å²) in [5.74, 6) is -0.190. The van der Waals surface area contributed by atoms with Gasteiger partial charge in [-0.2, -0.15) is 0 Å². The number of hydrogen-bond donors (Lipinski definition) is 3. The molecule has 5 N–H and O–H groups in total. The number of fused-ring (bicyclic) bond motifs is 1. The molecule has 1 aromatic carbocycles. The van der Waals surface area contributed by atoms with Gasteiger partial charge in [0.15, 0.2) is 17.4 Å². The third-order valence-corrected chi connectivity index (χ3v) is 5.99. The Balaban J connectivity index is 1.70. The van der Waals surface area contributed by atoms with Crippen LogP contribution in [0.15, 0.2) is 35.1 Å². The maximum Gasteiger partial charge on any atom is 0.205 e. The lowest BCUT2D eigenvalue weighted by Crippen LogP contribution is -2.39. The second kappa shape index (κ2) is 8.28. The van der Waals surface area contributed by atoms with E-state index in [9.17, 15) is 4.39 Å². The molecule has 10 heteroatoms. The molecule has 0 unspecified atom stereocenters. The summed E-state index contributed by atoms with van der Waals surface area (Å²) < 4.78 is 25.8. The van der Waals surface area contributed by atoms with E-state index in [-0.39, 0.29) is 27.6 Å². The van der Waals surface area contributed by atoms with Crippen LogP contribution in [-0.4, -0.2) is 28.9 Å². The van der Waals surface area contributed by atoms with Crippen molar-refractivity contribution in [3.05, 3.63) is 57.7 Å². The summed E-state index contributed by atoms with van der Waals surface area (Å²) in [7, 11) is 0. The molecule has 0 amide bonds. The van der Waals surface area contributed by atoms with Gasteiger partial charge in [-0.25, -0.2) is 9.37 Å². The van der Waals surface area contributed by atoms with Gasteiger partial charge < -0.3 is 25.5 Å². The van der Waals surface area contributed by atoms with Crippen LogP contribution in [0.5, 0.6) is 5.75 Å². The Hall–Kier alpha value is -2.97. The lowest BCUT2D eigenvalue weighted by molar-refractivity contribution is 0.227. The SMILES string of the molecule is C[C@@H](Oc1c(N)ncc2c(C3=CCN(C(=N)N)CC3)coc12)c1c(Cl)ccc(F)c1Cl. The number of nitrogens with one attached hydrogen (secondary N) is 1. The molecule has 3 aromatic rings. The first kappa shape index (κ1) is 21.3. The molecule has 0 radical (unpaired) electrons. The number of nitrogens with two attached hydrogens (primary N) is 2. The number of halogens is 3. The molecule has 0 fully saturated rings. The van der Waals surface area contributed by atoms with Crippen molar-refractivity contribution >= 4 is 51.5 Å². The van der Waals surface area contributed by atoms with Crippen molar-refractivity contribution in [1.82, 2.24) is 9.88 Å². The van der Waals surface area contributed by atoms with Gasteiger partial charge in [0.1, 0.15) is 11.9 Å². The molecule has 7 nitrogen and oxygen atoms in total. The number of guanidine groups is 1. The number of nitrogen functional groups attached to an aromatic ring is 1. The second-order valence-electron chi connectivity index (χ2n) is 7.19. The van der Waals surface area contributed by atoms with Crippen LogP contribution in [0, 0.1) is 11.2 Å². The molecule has 2 aromatic heterocycles.